The molecule has 0 radical (unpaired) electrons. The number of nitrogens with one attached hydrogen (secondary N) is 1. The Labute approximate surface area is 170 Å². The molecule has 0 aliphatic carbocycles. The SMILES string of the molecule is O=C(Nc1ccc(S(=O)(=O)N2CCOCC2)cc1)c1ccc(CN2CCCC2)o1. The molecular formula is C20H25N3O5S. The number of nitrogens with zero attached hydrogens (tertiary/aromatic N) is 2. The Bertz CT molecular complexity index is 943. The van der Waals surface area contributed by atoms with E-state index in [0.29, 0.717) is 38.5 Å². The van der Waals surface area contributed by atoms with Crippen LogP contribution in [0.5, 0.6) is 0 Å². The fourth-order valence-electron chi connectivity index (χ4n) is 3.59. The van der Waals surface area contributed by atoms with Crippen LogP contribution in [-0.2, 0) is 21.3 Å². The predicted molar refractivity (Wildman–Crippen MR) is 107 cm³/mol. The van der Waals surface area contributed by atoms with E-state index >= 15 is 0 Å². The summed E-state index contributed by atoms with van der Waals surface area (Å²) in [5, 5.41) is 2.75. The van der Waals surface area contributed by atoms with Gasteiger partial charge in [-0.3, -0.25) is 9.69 Å². The van der Waals surface area contributed by atoms with E-state index in [9.17, 15) is 13.2 Å². The van der Waals surface area contributed by atoms with Gasteiger partial charge in [-0.05, 0) is 62.3 Å². The maximum Gasteiger partial charge on any atom is 0.291 e. The summed E-state index contributed by atoms with van der Waals surface area (Å²) >= 11 is 0. The molecule has 1 amide bonds. The van der Waals surface area contributed by atoms with E-state index in [1.807, 2.05) is 6.07 Å². The van der Waals surface area contributed by atoms with E-state index in [1.165, 1.54) is 29.3 Å². The Morgan fingerprint density at radius 1 is 0.966 bits per heavy atom. The number of hydrogen-bond acceptors (Lipinski definition) is 6. The number of carbonyl (C=O) groups is 1. The van der Waals surface area contributed by atoms with E-state index in [1.54, 1.807) is 18.2 Å². The van der Waals surface area contributed by atoms with Crippen molar-refractivity contribution >= 4 is 21.6 Å². The standard InChI is InChI=1S/C20H25N3O5S/c24-20(19-8-5-17(28-19)15-22-9-1-2-10-22)21-16-3-6-18(7-4-16)29(25,26)23-11-13-27-14-12-23/h3-8H,1-2,9-15H2,(H,21,24). The van der Waals surface area contributed by atoms with Crippen molar-refractivity contribution < 1.29 is 22.4 Å². The van der Waals surface area contributed by atoms with Crippen LogP contribution in [0.25, 0.3) is 0 Å². The average molecular weight is 420 g/mol. The predicted octanol–water partition coefficient (Wildman–Crippen LogP) is 2.15. The summed E-state index contributed by atoms with van der Waals surface area (Å²) in [6.45, 7) is 4.32. The van der Waals surface area contributed by atoms with Crippen LogP contribution < -0.4 is 5.32 Å². The second-order valence-electron chi connectivity index (χ2n) is 7.24. The third kappa shape index (κ3) is 4.69. The second kappa shape index (κ2) is 8.66. The highest BCUT2D eigenvalue weighted by molar-refractivity contribution is 7.89. The Balaban J connectivity index is 1.38. The number of benzene rings is 1. The Hall–Kier alpha value is -2.20. The first-order chi connectivity index (χ1) is 14.0. The molecule has 9 heteroatoms. The van der Waals surface area contributed by atoms with Gasteiger partial charge in [0.05, 0.1) is 24.7 Å². The lowest BCUT2D eigenvalue weighted by Gasteiger charge is -2.26. The van der Waals surface area contributed by atoms with Crippen molar-refractivity contribution in [1.29, 1.82) is 0 Å². The van der Waals surface area contributed by atoms with Gasteiger partial charge < -0.3 is 14.5 Å². The summed E-state index contributed by atoms with van der Waals surface area (Å²) in [5.74, 6) is 0.648. The van der Waals surface area contributed by atoms with Crippen LogP contribution in [-0.4, -0.2) is 62.9 Å². The number of anilines is 1. The second-order valence-corrected chi connectivity index (χ2v) is 9.18. The number of hydrogen-bond donors (Lipinski definition) is 1. The smallest absolute Gasteiger partial charge is 0.291 e. The highest BCUT2D eigenvalue weighted by Gasteiger charge is 2.26. The molecule has 0 atom stereocenters. The summed E-state index contributed by atoms with van der Waals surface area (Å²) in [4.78, 5) is 14.9. The summed E-state index contributed by atoms with van der Waals surface area (Å²) in [7, 11) is -3.55. The van der Waals surface area contributed by atoms with Gasteiger partial charge in [-0.25, -0.2) is 8.42 Å². The van der Waals surface area contributed by atoms with Crippen LogP contribution in [0.15, 0.2) is 45.7 Å². The van der Waals surface area contributed by atoms with E-state index in [-0.39, 0.29) is 16.6 Å². The highest BCUT2D eigenvalue weighted by Crippen LogP contribution is 2.21. The molecule has 0 unspecified atom stereocenters. The maximum absolute atomic E-state index is 12.7. The topological polar surface area (TPSA) is 92.1 Å². The first kappa shape index (κ1) is 20.1. The number of morpholine rings is 1. The lowest BCUT2D eigenvalue weighted by Crippen LogP contribution is -2.40. The molecule has 2 saturated heterocycles. The molecule has 2 fully saturated rings. The van der Waals surface area contributed by atoms with Gasteiger partial charge >= 0.3 is 0 Å². The van der Waals surface area contributed by atoms with Gasteiger partial charge in [-0.15, -0.1) is 0 Å². The zero-order chi connectivity index (χ0) is 20.3. The number of carbonyl (C=O) groups excluding carboxylic acids is 1. The van der Waals surface area contributed by atoms with Gasteiger partial charge in [0.25, 0.3) is 5.91 Å². The molecule has 156 valence electrons. The van der Waals surface area contributed by atoms with Gasteiger partial charge in [-0.1, -0.05) is 0 Å². The molecule has 8 nitrogen and oxygen atoms in total. The van der Waals surface area contributed by atoms with Gasteiger partial charge in [0.2, 0.25) is 10.0 Å². The molecular weight excluding hydrogens is 394 g/mol. The molecule has 0 spiro atoms. The Kier molecular flexibility index (Phi) is 6.00. The molecule has 2 aliphatic heterocycles. The minimum atomic E-state index is -3.55. The van der Waals surface area contributed by atoms with E-state index < -0.39 is 10.0 Å². The van der Waals surface area contributed by atoms with Crippen LogP contribution >= 0.6 is 0 Å². The molecule has 0 bridgehead atoms. The summed E-state index contributed by atoms with van der Waals surface area (Å²) in [5.41, 5.74) is 0.508. The first-order valence-corrected chi connectivity index (χ1v) is 11.3. The quantitative estimate of drug-likeness (QED) is 0.771. The first-order valence-electron chi connectivity index (χ1n) is 9.83. The minimum absolute atomic E-state index is 0.197. The van der Waals surface area contributed by atoms with Crippen molar-refractivity contribution in [1.82, 2.24) is 9.21 Å². The van der Waals surface area contributed by atoms with Crippen molar-refractivity contribution in [2.75, 3.05) is 44.7 Å². The molecule has 0 saturated carbocycles. The normalized spacial score (nSPS) is 18.8. The maximum atomic E-state index is 12.7. The molecule has 29 heavy (non-hydrogen) atoms. The van der Waals surface area contributed by atoms with Crippen molar-refractivity contribution in [3.8, 4) is 0 Å². The Morgan fingerprint density at radius 3 is 2.34 bits per heavy atom. The fourth-order valence-corrected chi connectivity index (χ4v) is 4.99. The van der Waals surface area contributed by atoms with Crippen molar-refractivity contribution in [3.05, 3.63) is 47.9 Å². The van der Waals surface area contributed by atoms with Crippen molar-refractivity contribution in [3.63, 3.8) is 0 Å². The third-order valence-electron chi connectivity index (χ3n) is 5.18. The number of furan rings is 1. The van der Waals surface area contributed by atoms with E-state index in [2.05, 4.69) is 10.2 Å². The lowest BCUT2D eigenvalue weighted by molar-refractivity contribution is 0.0730. The third-order valence-corrected chi connectivity index (χ3v) is 7.10. The molecule has 4 rings (SSSR count). The monoisotopic (exact) mass is 419 g/mol. The number of amides is 1. The van der Waals surface area contributed by atoms with Gasteiger partial charge in [-0.2, -0.15) is 4.31 Å². The van der Waals surface area contributed by atoms with Crippen LogP contribution in [0.1, 0.15) is 29.2 Å². The summed E-state index contributed by atoms with van der Waals surface area (Å²) < 4.78 is 37.6. The molecule has 2 aliphatic rings. The molecule has 1 N–H and O–H groups in total. The summed E-state index contributed by atoms with van der Waals surface area (Å²) in [6.07, 6.45) is 2.40. The Morgan fingerprint density at radius 2 is 1.66 bits per heavy atom. The minimum Gasteiger partial charge on any atom is -0.455 e. The van der Waals surface area contributed by atoms with Crippen molar-refractivity contribution in [2.24, 2.45) is 0 Å². The van der Waals surface area contributed by atoms with Crippen LogP contribution in [0.2, 0.25) is 0 Å². The summed E-state index contributed by atoms with van der Waals surface area (Å²) in [6, 6.07) is 9.66. The number of rotatable bonds is 6. The van der Waals surface area contributed by atoms with Gasteiger partial charge in [0.15, 0.2) is 5.76 Å². The molecule has 2 aromatic rings. The van der Waals surface area contributed by atoms with E-state index in [0.717, 1.165) is 18.8 Å². The molecule has 3 heterocycles. The zero-order valence-electron chi connectivity index (χ0n) is 16.2. The lowest BCUT2D eigenvalue weighted by atomic mass is 10.3. The largest absolute Gasteiger partial charge is 0.455 e. The zero-order valence-corrected chi connectivity index (χ0v) is 17.0. The van der Waals surface area contributed by atoms with Gasteiger partial charge in [0, 0.05) is 18.8 Å². The van der Waals surface area contributed by atoms with Crippen LogP contribution in [0.4, 0.5) is 5.69 Å². The molecule has 1 aromatic heterocycles. The number of ether oxygens (including phenoxy) is 1. The van der Waals surface area contributed by atoms with Crippen molar-refractivity contribution in [2.45, 2.75) is 24.3 Å². The average Bonchev–Trinajstić information content (AvgIpc) is 3.42. The molecule has 1 aromatic carbocycles. The number of likely N-dealkylation sites (tertiary alicyclic amines) is 1. The fraction of sp³-hybridized carbons (Fsp3) is 0.450. The van der Waals surface area contributed by atoms with Crippen LogP contribution in [0, 0.1) is 0 Å². The van der Waals surface area contributed by atoms with Crippen LogP contribution in [0.3, 0.4) is 0 Å². The number of sulfonamides is 1. The van der Waals surface area contributed by atoms with E-state index in [4.69, 9.17) is 9.15 Å². The van der Waals surface area contributed by atoms with Gasteiger partial charge in [0.1, 0.15) is 5.76 Å². The highest BCUT2D eigenvalue weighted by atomic mass is 32.2.